The molecule has 0 amide bonds. The molecule has 0 aromatic heterocycles. The van der Waals surface area contributed by atoms with E-state index in [1.807, 2.05) is 38.1 Å². The van der Waals surface area contributed by atoms with E-state index in [9.17, 15) is 4.79 Å². The number of carbonyl (C=O) groups is 1. The van der Waals surface area contributed by atoms with Crippen LogP contribution >= 0.6 is 0 Å². The maximum atomic E-state index is 11.5. The molecule has 17 heavy (non-hydrogen) atoms. The average Bonchev–Trinajstić information content (AvgIpc) is 2.34. The number of rotatable bonds is 7. The fourth-order valence-electron chi connectivity index (χ4n) is 1.41. The van der Waals surface area contributed by atoms with Crippen molar-refractivity contribution >= 4 is 5.78 Å². The van der Waals surface area contributed by atoms with Crippen molar-refractivity contribution in [2.24, 2.45) is 0 Å². The molecule has 1 rings (SSSR count). The first-order chi connectivity index (χ1) is 8.11. The highest BCUT2D eigenvalue weighted by molar-refractivity contribution is 5.79. The quantitative estimate of drug-likeness (QED) is 0.730. The molecule has 0 saturated heterocycles. The molecule has 0 bridgehead atoms. The lowest BCUT2D eigenvalue weighted by Crippen LogP contribution is -2.13. The molecule has 1 aromatic carbocycles. The van der Waals surface area contributed by atoms with Crippen molar-refractivity contribution in [2.75, 3.05) is 13.7 Å². The number of hydrogen-bond donors (Lipinski definition) is 0. The second-order valence-corrected chi connectivity index (χ2v) is 4.25. The third-order valence-corrected chi connectivity index (χ3v) is 2.43. The van der Waals surface area contributed by atoms with Crippen LogP contribution in [0.15, 0.2) is 24.3 Å². The van der Waals surface area contributed by atoms with E-state index < -0.39 is 0 Å². The second kappa shape index (κ2) is 7.07. The number of benzene rings is 1. The molecule has 0 aliphatic heterocycles. The second-order valence-electron chi connectivity index (χ2n) is 4.25. The third kappa shape index (κ3) is 5.50. The summed E-state index contributed by atoms with van der Waals surface area (Å²) in [5, 5.41) is 0. The minimum atomic E-state index is 0.111. The van der Waals surface area contributed by atoms with E-state index in [-0.39, 0.29) is 18.5 Å². The van der Waals surface area contributed by atoms with Gasteiger partial charge < -0.3 is 9.47 Å². The van der Waals surface area contributed by atoms with Crippen molar-refractivity contribution < 1.29 is 14.3 Å². The van der Waals surface area contributed by atoms with Crippen LogP contribution < -0.4 is 4.74 Å². The fraction of sp³-hybridized carbons (Fsp3) is 0.500. The normalized spacial score (nSPS) is 10.6. The molecule has 3 nitrogen and oxygen atoms in total. The Labute approximate surface area is 103 Å². The zero-order valence-corrected chi connectivity index (χ0v) is 10.7. The number of ketones is 1. The molecule has 0 spiro atoms. The molecule has 0 atom stereocenters. The Hall–Kier alpha value is -1.35. The Bertz CT molecular complexity index is 341. The number of ether oxygens (including phenoxy) is 2. The number of aryl methyl sites for hydroxylation is 1. The van der Waals surface area contributed by atoms with E-state index in [1.54, 1.807) is 7.11 Å². The highest BCUT2D eigenvalue weighted by Crippen LogP contribution is 2.12. The van der Waals surface area contributed by atoms with E-state index >= 15 is 0 Å². The summed E-state index contributed by atoms with van der Waals surface area (Å²) >= 11 is 0. The maximum Gasteiger partial charge on any atom is 0.158 e. The maximum absolute atomic E-state index is 11.5. The average molecular weight is 236 g/mol. The van der Waals surface area contributed by atoms with Crippen LogP contribution in [0.1, 0.15) is 25.8 Å². The van der Waals surface area contributed by atoms with Crippen LogP contribution in [-0.4, -0.2) is 25.6 Å². The van der Waals surface area contributed by atoms with Crippen molar-refractivity contribution in [1.82, 2.24) is 0 Å². The van der Waals surface area contributed by atoms with E-state index in [2.05, 4.69) is 0 Å². The van der Waals surface area contributed by atoms with Crippen molar-refractivity contribution in [3.63, 3.8) is 0 Å². The van der Waals surface area contributed by atoms with Crippen LogP contribution in [0.5, 0.6) is 5.75 Å². The monoisotopic (exact) mass is 236 g/mol. The zero-order valence-electron chi connectivity index (χ0n) is 10.7. The molecule has 0 unspecified atom stereocenters. The third-order valence-electron chi connectivity index (χ3n) is 2.43. The van der Waals surface area contributed by atoms with E-state index in [1.165, 1.54) is 0 Å². The summed E-state index contributed by atoms with van der Waals surface area (Å²) in [6.07, 6.45) is 1.39. The Morgan fingerprint density at radius 1 is 1.24 bits per heavy atom. The largest absolute Gasteiger partial charge is 0.497 e. The smallest absolute Gasteiger partial charge is 0.158 e. The first-order valence-electron chi connectivity index (χ1n) is 5.88. The summed E-state index contributed by atoms with van der Waals surface area (Å²) in [7, 11) is 1.64. The van der Waals surface area contributed by atoms with Gasteiger partial charge in [-0.15, -0.1) is 0 Å². The summed E-state index contributed by atoms with van der Waals surface area (Å²) in [4.78, 5) is 11.5. The predicted octanol–water partition coefficient (Wildman–Crippen LogP) is 2.62. The van der Waals surface area contributed by atoms with Gasteiger partial charge in [0.25, 0.3) is 0 Å². The summed E-state index contributed by atoms with van der Waals surface area (Å²) < 4.78 is 10.3. The molecule has 1 aromatic rings. The summed E-state index contributed by atoms with van der Waals surface area (Å²) in [5.41, 5.74) is 1.14. The van der Waals surface area contributed by atoms with Gasteiger partial charge in [-0.25, -0.2) is 0 Å². The standard InChI is InChI=1S/C14H20O3/c1-11(2)17-10-13(15)7-4-12-5-8-14(16-3)9-6-12/h5-6,8-9,11H,4,7,10H2,1-3H3. The molecule has 3 heteroatoms. The van der Waals surface area contributed by atoms with Gasteiger partial charge in [0.05, 0.1) is 13.2 Å². The zero-order chi connectivity index (χ0) is 12.7. The van der Waals surface area contributed by atoms with Gasteiger partial charge in [-0.05, 0) is 38.0 Å². The number of carbonyl (C=O) groups excluding carboxylic acids is 1. The molecule has 0 N–H and O–H groups in total. The van der Waals surface area contributed by atoms with Crippen LogP contribution in [0.25, 0.3) is 0 Å². The van der Waals surface area contributed by atoms with Gasteiger partial charge in [-0.3, -0.25) is 4.79 Å². The lowest BCUT2D eigenvalue weighted by atomic mass is 10.1. The lowest BCUT2D eigenvalue weighted by Gasteiger charge is -2.06. The lowest BCUT2D eigenvalue weighted by molar-refractivity contribution is -0.124. The van der Waals surface area contributed by atoms with Crippen LogP contribution in [0.3, 0.4) is 0 Å². The predicted molar refractivity (Wildman–Crippen MR) is 67.4 cm³/mol. The first kappa shape index (κ1) is 13.7. The molecule has 0 aliphatic carbocycles. The minimum Gasteiger partial charge on any atom is -0.497 e. The van der Waals surface area contributed by atoms with Crippen LogP contribution in [0, 0.1) is 0 Å². The molecule has 94 valence electrons. The van der Waals surface area contributed by atoms with Crippen molar-refractivity contribution in [3.05, 3.63) is 29.8 Å². The van der Waals surface area contributed by atoms with E-state index in [0.717, 1.165) is 17.7 Å². The Morgan fingerprint density at radius 2 is 1.88 bits per heavy atom. The van der Waals surface area contributed by atoms with Crippen molar-refractivity contribution in [2.45, 2.75) is 32.8 Å². The molecular weight excluding hydrogens is 216 g/mol. The Morgan fingerprint density at radius 3 is 2.41 bits per heavy atom. The number of methoxy groups -OCH3 is 1. The van der Waals surface area contributed by atoms with E-state index in [4.69, 9.17) is 9.47 Å². The molecule has 0 heterocycles. The van der Waals surface area contributed by atoms with Crippen LogP contribution in [0.4, 0.5) is 0 Å². The van der Waals surface area contributed by atoms with Crippen molar-refractivity contribution in [1.29, 1.82) is 0 Å². The summed E-state index contributed by atoms with van der Waals surface area (Å²) in [5.74, 6) is 0.984. The Kier molecular flexibility index (Phi) is 5.70. The van der Waals surface area contributed by atoms with Gasteiger partial charge in [-0.2, -0.15) is 0 Å². The summed E-state index contributed by atoms with van der Waals surface area (Å²) in [6, 6.07) is 7.78. The first-order valence-corrected chi connectivity index (χ1v) is 5.88. The van der Waals surface area contributed by atoms with Gasteiger partial charge in [0.15, 0.2) is 5.78 Å². The molecule has 0 radical (unpaired) electrons. The fourth-order valence-corrected chi connectivity index (χ4v) is 1.41. The van der Waals surface area contributed by atoms with Crippen molar-refractivity contribution in [3.8, 4) is 5.75 Å². The molecular formula is C14H20O3. The number of hydrogen-bond acceptors (Lipinski definition) is 3. The highest BCUT2D eigenvalue weighted by atomic mass is 16.5. The SMILES string of the molecule is COc1ccc(CCC(=O)COC(C)C)cc1. The van der Waals surface area contributed by atoms with Gasteiger partial charge >= 0.3 is 0 Å². The molecule has 0 fully saturated rings. The molecule has 0 saturated carbocycles. The molecule has 0 aliphatic rings. The van der Waals surface area contributed by atoms with Gasteiger partial charge in [-0.1, -0.05) is 12.1 Å². The highest BCUT2D eigenvalue weighted by Gasteiger charge is 2.04. The van der Waals surface area contributed by atoms with E-state index in [0.29, 0.717) is 6.42 Å². The topological polar surface area (TPSA) is 35.5 Å². The van der Waals surface area contributed by atoms with Crippen LogP contribution in [0.2, 0.25) is 0 Å². The number of Topliss-reactive ketones (excluding diaryl/α,β-unsaturated/α-hetero) is 1. The van der Waals surface area contributed by atoms with Gasteiger partial charge in [0.2, 0.25) is 0 Å². The van der Waals surface area contributed by atoms with Crippen LogP contribution in [-0.2, 0) is 16.0 Å². The van der Waals surface area contributed by atoms with Gasteiger partial charge in [0.1, 0.15) is 12.4 Å². The Balaban J connectivity index is 2.31. The van der Waals surface area contributed by atoms with Gasteiger partial charge in [0, 0.05) is 6.42 Å². The minimum absolute atomic E-state index is 0.111. The summed E-state index contributed by atoms with van der Waals surface area (Å²) in [6.45, 7) is 4.07.